The van der Waals surface area contributed by atoms with Crippen molar-refractivity contribution in [1.29, 1.82) is 0 Å². The molecule has 0 saturated heterocycles. The van der Waals surface area contributed by atoms with Crippen LogP contribution in [0.1, 0.15) is 21.4 Å². The number of fused-ring (bicyclic) bond motifs is 3. The van der Waals surface area contributed by atoms with Crippen LogP contribution in [0, 0.1) is 13.8 Å². The Hall–Kier alpha value is -0.740. The molecule has 3 rings (SSSR count). The van der Waals surface area contributed by atoms with Gasteiger partial charge in [0.15, 0.2) is 0 Å². The van der Waals surface area contributed by atoms with E-state index in [0.717, 1.165) is 12.8 Å². The Bertz CT molecular complexity index is 450. The van der Waals surface area contributed by atoms with Crippen LogP contribution in [-0.2, 0) is 12.8 Å². The van der Waals surface area contributed by atoms with Crippen molar-refractivity contribution in [2.45, 2.75) is 26.7 Å². The number of thiazole rings is 2. The summed E-state index contributed by atoms with van der Waals surface area (Å²) < 4.78 is 0. The van der Waals surface area contributed by atoms with Gasteiger partial charge in [0.2, 0.25) is 0 Å². The van der Waals surface area contributed by atoms with Crippen molar-refractivity contribution in [3.8, 4) is 9.75 Å². The fourth-order valence-electron chi connectivity index (χ4n) is 1.87. The Morgan fingerprint density at radius 1 is 0.857 bits per heavy atom. The van der Waals surface area contributed by atoms with E-state index in [4.69, 9.17) is 0 Å². The first-order valence-electron chi connectivity index (χ1n) is 4.67. The topological polar surface area (TPSA) is 25.8 Å². The van der Waals surface area contributed by atoms with Crippen molar-refractivity contribution in [2.24, 2.45) is 0 Å². The van der Waals surface area contributed by atoms with Crippen LogP contribution >= 0.6 is 22.7 Å². The highest BCUT2D eigenvalue weighted by molar-refractivity contribution is 7.22. The number of hydrogen-bond acceptors (Lipinski definition) is 4. The summed E-state index contributed by atoms with van der Waals surface area (Å²) in [7, 11) is 0. The monoisotopic (exact) mass is 222 g/mol. The normalized spacial score (nSPS) is 13.9. The second-order valence-electron chi connectivity index (χ2n) is 3.52. The molecule has 0 atom stereocenters. The molecule has 4 heteroatoms. The van der Waals surface area contributed by atoms with Crippen molar-refractivity contribution in [3.63, 3.8) is 0 Å². The van der Waals surface area contributed by atoms with Gasteiger partial charge in [-0.2, -0.15) is 0 Å². The van der Waals surface area contributed by atoms with E-state index in [1.807, 2.05) is 0 Å². The van der Waals surface area contributed by atoms with Gasteiger partial charge in [-0.15, -0.1) is 22.7 Å². The smallest absolute Gasteiger partial charge is 0.0904 e. The zero-order valence-corrected chi connectivity index (χ0v) is 9.76. The summed E-state index contributed by atoms with van der Waals surface area (Å²) in [6.07, 6.45) is 2.13. The highest BCUT2D eigenvalue weighted by Gasteiger charge is 2.22. The Labute approximate surface area is 90.7 Å². The van der Waals surface area contributed by atoms with Crippen molar-refractivity contribution >= 4 is 22.7 Å². The van der Waals surface area contributed by atoms with Crippen LogP contribution in [0.4, 0.5) is 0 Å². The lowest BCUT2D eigenvalue weighted by Crippen LogP contribution is -2.00. The number of aryl methyl sites for hydroxylation is 4. The van der Waals surface area contributed by atoms with E-state index >= 15 is 0 Å². The molecule has 0 N–H and O–H groups in total. The number of nitrogens with zero attached hydrogens (tertiary/aromatic N) is 2. The lowest BCUT2D eigenvalue weighted by Gasteiger charge is -2.07. The second-order valence-corrected chi connectivity index (χ2v) is 5.92. The summed E-state index contributed by atoms with van der Waals surface area (Å²) in [5.41, 5.74) is 2.56. The van der Waals surface area contributed by atoms with E-state index in [-0.39, 0.29) is 0 Å². The summed E-state index contributed by atoms with van der Waals surface area (Å²) >= 11 is 3.61. The zero-order chi connectivity index (χ0) is 9.71. The number of rotatable bonds is 0. The lowest BCUT2D eigenvalue weighted by molar-refractivity contribution is 0.877. The molecule has 14 heavy (non-hydrogen) atoms. The molecule has 72 valence electrons. The van der Waals surface area contributed by atoms with Crippen molar-refractivity contribution in [2.75, 3.05) is 0 Å². The minimum Gasteiger partial charge on any atom is -0.246 e. The molecule has 2 heterocycles. The third-order valence-electron chi connectivity index (χ3n) is 2.41. The zero-order valence-electron chi connectivity index (χ0n) is 8.13. The molecule has 0 amide bonds. The number of aromatic nitrogens is 2. The van der Waals surface area contributed by atoms with Gasteiger partial charge in [-0.3, -0.25) is 0 Å². The molecule has 0 radical (unpaired) electrons. The van der Waals surface area contributed by atoms with Crippen molar-refractivity contribution < 1.29 is 0 Å². The van der Waals surface area contributed by atoms with Gasteiger partial charge in [-0.1, -0.05) is 0 Å². The fourth-order valence-corrected chi connectivity index (χ4v) is 3.98. The van der Waals surface area contributed by atoms with Gasteiger partial charge in [0.05, 0.1) is 31.2 Å². The Morgan fingerprint density at radius 3 is 1.71 bits per heavy atom. The van der Waals surface area contributed by atoms with Gasteiger partial charge in [-0.05, 0) is 26.7 Å². The second kappa shape index (κ2) is 2.87. The SMILES string of the molecule is Cc1nc2c(s1)-c1sc(C)nc1CC2. The first kappa shape index (κ1) is 8.56. The molecule has 0 aromatic carbocycles. The summed E-state index contributed by atoms with van der Waals surface area (Å²) in [6, 6.07) is 0. The van der Waals surface area contributed by atoms with Crippen LogP contribution in [0.15, 0.2) is 0 Å². The van der Waals surface area contributed by atoms with Gasteiger partial charge < -0.3 is 0 Å². The molecule has 2 aromatic heterocycles. The highest BCUT2D eigenvalue weighted by Crippen LogP contribution is 2.40. The molecule has 0 fully saturated rings. The molecule has 2 aromatic rings. The van der Waals surface area contributed by atoms with Crippen molar-refractivity contribution in [1.82, 2.24) is 9.97 Å². The molecular formula is C10H10N2S2. The molecule has 1 aliphatic carbocycles. The summed E-state index contributed by atoms with van der Waals surface area (Å²) in [6.45, 7) is 4.16. The molecule has 0 unspecified atom stereocenters. The largest absolute Gasteiger partial charge is 0.246 e. The van der Waals surface area contributed by atoms with Gasteiger partial charge in [0.25, 0.3) is 0 Å². The Morgan fingerprint density at radius 2 is 1.29 bits per heavy atom. The first-order chi connectivity index (χ1) is 6.74. The summed E-state index contributed by atoms with van der Waals surface area (Å²) in [4.78, 5) is 11.9. The molecular weight excluding hydrogens is 212 g/mol. The van der Waals surface area contributed by atoms with Crippen LogP contribution in [0.5, 0.6) is 0 Å². The molecule has 0 bridgehead atoms. The molecule has 0 saturated carbocycles. The minimum atomic E-state index is 1.07. The third kappa shape index (κ3) is 1.14. The van der Waals surface area contributed by atoms with E-state index in [2.05, 4.69) is 23.8 Å². The summed E-state index contributed by atoms with van der Waals surface area (Å²) in [5.74, 6) is 0. The highest BCUT2D eigenvalue weighted by atomic mass is 32.1. The molecule has 2 nitrogen and oxygen atoms in total. The van der Waals surface area contributed by atoms with Crippen LogP contribution in [0.25, 0.3) is 9.75 Å². The maximum atomic E-state index is 4.56. The van der Waals surface area contributed by atoms with Crippen molar-refractivity contribution in [3.05, 3.63) is 21.4 Å². The minimum absolute atomic E-state index is 1.07. The van der Waals surface area contributed by atoms with Gasteiger partial charge >= 0.3 is 0 Å². The third-order valence-corrected chi connectivity index (χ3v) is 4.60. The quantitative estimate of drug-likeness (QED) is 0.685. The van der Waals surface area contributed by atoms with Gasteiger partial charge in [0.1, 0.15) is 0 Å². The van der Waals surface area contributed by atoms with E-state index in [1.54, 1.807) is 22.7 Å². The summed E-state index contributed by atoms with van der Waals surface area (Å²) in [5, 5.41) is 2.35. The van der Waals surface area contributed by atoms with Gasteiger partial charge in [0, 0.05) is 0 Å². The first-order valence-corrected chi connectivity index (χ1v) is 6.30. The lowest BCUT2D eigenvalue weighted by atomic mass is 10.1. The van der Waals surface area contributed by atoms with E-state index in [9.17, 15) is 0 Å². The predicted molar refractivity (Wildman–Crippen MR) is 60.1 cm³/mol. The number of hydrogen-bond donors (Lipinski definition) is 0. The van der Waals surface area contributed by atoms with E-state index in [1.165, 1.54) is 31.2 Å². The van der Waals surface area contributed by atoms with E-state index in [0.29, 0.717) is 0 Å². The van der Waals surface area contributed by atoms with Crippen LogP contribution in [-0.4, -0.2) is 9.97 Å². The Kier molecular flexibility index (Phi) is 1.76. The maximum absolute atomic E-state index is 4.56. The predicted octanol–water partition coefficient (Wildman–Crippen LogP) is 2.98. The standard InChI is InChI=1S/C10H10N2S2/c1-5-11-7-3-4-8-10(9(7)13-5)14-6(2)12-8/h3-4H2,1-2H3. The van der Waals surface area contributed by atoms with Gasteiger partial charge in [-0.25, -0.2) is 9.97 Å². The Balaban J connectivity index is 2.27. The van der Waals surface area contributed by atoms with Crippen LogP contribution in [0.3, 0.4) is 0 Å². The van der Waals surface area contributed by atoms with E-state index < -0.39 is 0 Å². The molecule has 1 aliphatic rings. The van der Waals surface area contributed by atoms with Crippen LogP contribution < -0.4 is 0 Å². The molecule has 0 spiro atoms. The maximum Gasteiger partial charge on any atom is 0.0904 e. The average molecular weight is 222 g/mol. The average Bonchev–Trinajstić information content (AvgIpc) is 2.65. The van der Waals surface area contributed by atoms with Crippen LogP contribution in [0.2, 0.25) is 0 Å². The fraction of sp³-hybridized carbons (Fsp3) is 0.400. The molecule has 0 aliphatic heterocycles.